The Morgan fingerprint density at radius 2 is 1.66 bits per heavy atom. The molecular formula is C21H29FIN3O3. The van der Waals surface area contributed by atoms with Crippen LogP contribution >= 0.6 is 24.0 Å². The molecule has 8 heteroatoms. The van der Waals surface area contributed by atoms with Crippen molar-refractivity contribution in [3.05, 3.63) is 47.8 Å². The van der Waals surface area contributed by atoms with Crippen LogP contribution in [0.2, 0.25) is 0 Å². The van der Waals surface area contributed by atoms with Crippen molar-refractivity contribution in [1.29, 1.82) is 0 Å². The molecule has 0 bridgehead atoms. The number of halogens is 2. The van der Waals surface area contributed by atoms with Crippen LogP contribution in [0.5, 0.6) is 17.2 Å². The summed E-state index contributed by atoms with van der Waals surface area (Å²) in [6.07, 6.45) is 0. The van der Waals surface area contributed by atoms with Crippen LogP contribution in [-0.2, 0) is 5.41 Å². The quantitative estimate of drug-likeness (QED) is 0.323. The Labute approximate surface area is 188 Å². The van der Waals surface area contributed by atoms with Crippen LogP contribution in [0, 0.1) is 5.82 Å². The number of hydrogen-bond acceptors (Lipinski definition) is 4. The number of guanidine groups is 1. The van der Waals surface area contributed by atoms with Crippen molar-refractivity contribution >= 4 is 35.6 Å². The lowest BCUT2D eigenvalue weighted by molar-refractivity contribution is 0.324. The average molecular weight is 517 g/mol. The summed E-state index contributed by atoms with van der Waals surface area (Å²) in [6.45, 7) is 4.64. The van der Waals surface area contributed by atoms with Gasteiger partial charge in [-0.1, -0.05) is 26.0 Å². The maximum absolute atomic E-state index is 13.6. The molecule has 0 aliphatic heterocycles. The second kappa shape index (κ2) is 11.1. The second-order valence-electron chi connectivity index (χ2n) is 6.86. The van der Waals surface area contributed by atoms with Gasteiger partial charge in [-0.25, -0.2) is 4.39 Å². The van der Waals surface area contributed by atoms with Gasteiger partial charge in [0, 0.05) is 36.8 Å². The molecule has 0 aliphatic rings. The Bertz CT molecular complexity index is 819. The largest absolute Gasteiger partial charge is 0.493 e. The predicted octanol–water partition coefficient (Wildman–Crippen LogP) is 4.43. The molecule has 0 heterocycles. The first kappa shape index (κ1) is 24.8. The van der Waals surface area contributed by atoms with Crippen molar-refractivity contribution in [1.82, 2.24) is 5.32 Å². The van der Waals surface area contributed by atoms with Crippen molar-refractivity contribution in [3.63, 3.8) is 0 Å². The van der Waals surface area contributed by atoms with E-state index in [0.717, 1.165) is 11.3 Å². The van der Waals surface area contributed by atoms with E-state index >= 15 is 0 Å². The molecule has 0 saturated carbocycles. The van der Waals surface area contributed by atoms with Crippen molar-refractivity contribution in [2.75, 3.05) is 40.2 Å². The highest BCUT2D eigenvalue weighted by Crippen LogP contribution is 2.39. The molecule has 0 unspecified atom stereocenters. The van der Waals surface area contributed by atoms with Gasteiger partial charge < -0.3 is 24.8 Å². The van der Waals surface area contributed by atoms with Gasteiger partial charge in [0.2, 0.25) is 5.75 Å². The van der Waals surface area contributed by atoms with E-state index in [1.54, 1.807) is 52.6 Å². The topological polar surface area (TPSA) is 64.1 Å². The molecule has 0 atom stereocenters. The summed E-state index contributed by atoms with van der Waals surface area (Å²) < 4.78 is 29.7. The number of nitrogens with zero attached hydrogens (tertiary/aromatic N) is 1. The van der Waals surface area contributed by atoms with Crippen LogP contribution in [0.15, 0.2) is 41.4 Å². The van der Waals surface area contributed by atoms with E-state index < -0.39 is 0 Å². The summed E-state index contributed by atoms with van der Waals surface area (Å²) in [5, 5.41) is 6.50. The number of ether oxygens (including phenoxy) is 3. The normalized spacial score (nSPS) is 11.3. The van der Waals surface area contributed by atoms with Gasteiger partial charge in [0.25, 0.3) is 0 Å². The molecule has 0 spiro atoms. The first-order valence-corrected chi connectivity index (χ1v) is 8.88. The first-order chi connectivity index (χ1) is 13.3. The molecule has 0 aromatic heterocycles. The smallest absolute Gasteiger partial charge is 0.203 e. The molecule has 2 rings (SSSR count). The zero-order valence-electron chi connectivity index (χ0n) is 17.6. The Morgan fingerprint density at radius 1 is 1.03 bits per heavy atom. The number of aliphatic imine (C=N–C) groups is 1. The summed E-state index contributed by atoms with van der Waals surface area (Å²) in [6, 6.07) is 10.2. The minimum atomic E-state index is -0.297. The van der Waals surface area contributed by atoms with Crippen molar-refractivity contribution in [2.24, 2.45) is 4.99 Å². The third-order valence-electron chi connectivity index (χ3n) is 4.45. The summed E-state index contributed by atoms with van der Waals surface area (Å²) in [5.41, 5.74) is 1.34. The average Bonchev–Trinajstić information content (AvgIpc) is 2.70. The summed E-state index contributed by atoms with van der Waals surface area (Å²) >= 11 is 0. The minimum absolute atomic E-state index is 0. The maximum Gasteiger partial charge on any atom is 0.203 e. The predicted molar refractivity (Wildman–Crippen MR) is 126 cm³/mol. The van der Waals surface area contributed by atoms with E-state index in [9.17, 15) is 4.39 Å². The zero-order valence-corrected chi connectivity index (χ0v) is 20.0. The van der Waals surface area contributed by atoms with Gasteiger partial charge in [-0.05, 0) is 17.7 Å². The van der Waals surface area contributed by atoms with Gasteiger partial charge >= 0.3 is 0 Å². The lowest BCUT2D eigenvalue weighted by atomic mass is 9.84. The van der Waals surface area contributed by atoms with Crippen molar-refractivity contribution in [2.45, 2.75) is 19.3 Å². The minimum Gasteiger partial charge on any atom is -0.493 e. The second-order valence-corrected chi connectivity index (χ2v) is 6.86. The molecule has 0 amide bonds. The van der Waals surface area contributed by atoms with Crippen LogP contribution in [0.1, 0.15) is 19.4 Å². The molecule has 0 radical (unpaired) electrons. The number of anilines is 1. The number of hydrogen-bond donors (Lipinski definition) is 2. The van der Waals surface area contributed by atoms with E-state index in [-0.39, 0.29) is 35.2 Å². The van der Waals surface area contributed by atoms with E-state index in [0.29, 0.717) is 29.8 Å². The van der Waals surface area contributed by atoms with Crippen molar-refractivity contribution < 1.29 is 18.6 Å². The molecule has 0 aliphatic carbocycles. The molecule has 6 nitrogen and oxygen atoms in total. The third-order valence-corrected chi connectivity index (χ3v) is 4.45. The van der Waals surface area contributed by atoms with Crippen molar-refractivity contribution in [3.8, 4) is 17.2 Å². The van der Waals surface area contributed by atoms with Crippen LogP contribution in [0.25, 0.3) is 0 Å². The third kappa shape index (κ3) is 6.38. The lowest BCUT2D eigenvalue weighted by Gasteiger charge is -2.27. The molecule has 2 aromatic rings. The number of nitrogens with one attached hydrogen (secondary N) is 2. The number of rotatable bonds is 7. The highest BCUT2D eigenvalue weighted by Gasteiger charge is 2.22. The van der Waals surface area contributed by atoms with E-state index in [2.05, 4.69) is 15.6 Å². The monoisotopic (exact) mass is 517 g/mol. The van der Waals surface area contributed by atoms with Crippen LogP contribution in [0.4, 0.5) is 10.1 Å². The Hall–Kier alpha value is -2.23. The Morgan fingerprint density at radius 3 is 2.14 bits per heavy atom. The maximum atomic E-state index is 13.6. The van der Waals surface area contributed by atoms with Gasteiger partial charge in [-0.15, -0.1) is 24.0 Å². The molecule has 2 aromatic carbocycles. The van der Waals surface area contributed by atoms with Gasteiger partial charge in [-0.3, -0.25) is 4.99 Å². The van der Waals surface area contributed by atoms with Gasteiger partial charge in [0.05, 0.1) is 21.3 Å². The van der Waals surface area contributed by atoms with Gasteiger partial charge in [0.15, 0.2) is 17.5 Å². The van der Waals surface area contributed by atoms with Gasteiger partial charge in [-0.2, -0.15) is 0 Å². The summed E-state index contributed by atoms with van der Waals surface area (Å²) in [7, 11) is 6.37. The summed E-state index contributed by atoms with van der Waals surface area (Å²) in [4.78, 5) is 4.26. The van der Waals surface area contributed by atoms with E-state index in [4.69, 9.17) is 14.2 Å². The molecule has 0 fully saturated rings. The van der Waals surface area contributed by atoms with E-state index in [1.165, 1.54) is 6.07 Å². The SMILES string of the molecule is CN=C(NCC(C)(C)c1cccc(F)c1)Nc1cc(OC)c(OC)c(OC)c1.I. The number of methoxy groups -OCH3 is 3. The molecule has 2 N–H and O–H groups in total. The standard InChI is InChI=1S/C21H28FN3O3.HI/c1-21(2,14-8-7-9-15(22)10-14)13-24-20(23-3)25-16-11-17(26-4)19(28-6)18(12-16)27-5;/h7-12H,13H2,1-6H3,(H2,23,24,25);1H. The highest BCUT2D eigenvalue weighted by atomic mass is 127. The number of benzene rings is 2. The molecule has 160 valence electrons. The van der Waals surface area contributed by atoms with Gasteiger partial charge in [0.1, 0.15) is 5.82 Å². The summed E-state index contributed by atoms with van der Waals surface area (Å²) in [5.74, 6) is 1.93. The fourth-order valence-corrected chi connectivity index (χ4v) is 2.79. The zero-order chi connectivity index (χ0) is 20.7. The fraction of sp³-hybridized carbons (Fsp3) is 0.381. The Kier molecular flexibility index (Phi) is 9.48. The van der Waals surface area contributed by atoms with Crippen LogP contribution < -0.4 is 24.8 Å². The molecular weight excluding hydrogens is 488 g/mol. The lowest BCUT2D eigenvalue weighted by Crippen LogP contribution is -2.40. The first-order valence-electron chi connectivity index (χ1n) is 8.88. The van der Waals surface area contributed by atoms with Crippen LogP contribution in [0.3, 0.4) is 0 Å². The highest BCUT2D eigenvalue weighted by molar-refractivity contribution is 14.0. The van der Waals surface area contributed by atoms with Crippen LogP contribution in [-0.4, -0.2) is 40.9 Å². The fourth-order valence-electron chi connectivity index (χ4n) is 2.79. The molecule has 29 heavy (non-hydrogen) atoms. The van der Waals surface area contributed by atoms with E-state index in [1.807, 2.05) is 19.9 Å². The molecule has 0 saturated heterocycles. The Balaban J connectivity index is 0.00000420.